The molecule has 0 bridgehead atoms. The molecule has 2 aliphatic rings. The lowest BCUT2D eigenvalue weighted by molar-refractivity contribution is -0.133. The van der Waals surface area contributed by atoms with Gasteiger partial charge < -0.3 is 15.1 Å². The van der Waals surface area contributed by atoms with Crippen LogP contribution in [0.1, 0.15) is 42.5 Å². The highest BCUT2D eigenvalue weighted by atomic mass is 32.1. The number of carbonyl (C=O) groups is 1. The lowest BCUT2D eigenvalue weighted by Gasteiger charge is -2.33. The van der Waals surface area contributed by atoms with Crippen LogP contribution in [-0.4, -0.2) is 40.4 Å². The summed E-state index contributed by atoms with van der Waals surface area (Å²) < 4.78 is 0. The molecule has 0 radical (unpaired) electrons. The van der Waals surface area contributed by atoms with Crippen LogP contribution in [0.2, 0.25) is 0 Å². The van der Waals surface area contributed by atoms with Gasteiger partial charge in [-0.15, -0.1) is 11.3 Å². The number of amides is 1. The van der Waals surface area contributed by atoms with Gasteiger partial charge in [0.25, 0.3) is 0 Å². The number of nitrogens with zero attached hydrogens (tertiary/aromatic N) is 4. The fourth-order valence-electron chi connectivity index (χ4n) is 3.97. The Hall–Kier alpha value is -2.15. The molecule has 0 saturated heterocycles. The summed E-state index contributed by atoms with van der Waals surface area (Å²) >= 11 is 1.73. The third-order valence-electron chi connectivity index (χ3n) is 5.33. The largest absolute Gasteiger partial charge is 0.365 e. The molecule has 1 saturated carbocycles. The smallest absolute Gasteiger partial charge is 0.242 e. The van der Waals surface area contributed by atoms with Crippen molar-refractivity contribution in [3.05, 3.63) is 34.3 Å². The maximum Gasteiger partial charge on any atom is 0.242 e. The van der Waals surface area contributed by atoms with Gasteiger partial charge >= 0.3 is 0 Å². The van der Waals surface area contributed by atoms with Gasteiger partial charge in [-0.3, -0.25) is 4.79 Å². The van der Waals surface area contributed by atoms with Crippen LogP contribution in [0, 0.1) is 0 Å². The Morgan fingerprint density at radius 2 is 2.08 bits per heavy atom. The molecule has 7 heteroatoms. The van der Waals surface area contributed by atoms with Crippen molar-refractivity contribution in [2.45, 2.75) is 51.2 Å². The average Bonchev–Trinajstić information content (AvgIpc) is 3.14. The van der Waals surface area contributed by atoms with E-state index < -0.39 is 0 Å². The summed E-state index contributed by atoms with van der Waals surface area (Å²) in [5.74, 6) is 1.90. The molecule has 6 nitrogen and oxygen atoms in total. The van der Waals surface area contributed by atoms with Crippen LogP contribution in [0.25, 0.3) is 0 Å². The normalized spacial score (nSPS) is 18.6. The van der Waals surface area contributed by atoms with Gasteiger partial charge in [-0.1, -0.05) is 25.3 Å². The van der Waals surface area contributed by atoms with Crippen molar-refractivity contribution < 1.29 is 4.79 Å². The first-order chi connectivity index (χ1) is 12.7. The van der Waals surface area contributed by atoms with E-state index in [0.717, 1.165) is 36.6 Å². The number of hydrogen-bond acceptors (Lipinski definition) is 6. The summed E-state index contributed by atoms with van der Waals surface area (Å²) in [5, 5.41) is 5.53. The number of anilines is 2. The molecule has 1 amide bonds. The summed E-state index contributed by atoms with van der Waals surface area (Å²) in [4.78, 5) is 27.1. The van der Waals surface area contributed by atoms with Crippen LogP contribution >= 0.6 is 11.3 Å². The Morgan fingerprint density at radius 1 is 1.23 bits per heavy atom. The van der Waals surface area contributed by atoms with E-state index in [1.165, 1.54) is 24.1 Å². The minimum atomic E-state index is 0.196. The molecule has 4 rings (SSSR count). The monoisotopic (exact) mass is 371 g/mol. The standard InChI is InChI=1S/C19H25N5OS/c1-23-12-17(25)24(14-6-3-2-4-7-14)11-16-18(21-13-22-19(16)23)20-10-15-8-5-9-26-15/h5,8-9,13-14H,2-4,6-7,10-12H2,1H3,(H,20,21,22). The highest BCUT2D eigenvalue weighted by molar-refractivity contribution is 7.09. The van der Waals surface area contributed by atoms with Gasteiger partial charge in [-0.25, -0.2) is 9.97 Å². The third-order valence-corrected chi connectivity index (χ3v) is 6.21. The van der Waals surface area contributed by atoms with E-state index in [4.69, 9.17) is 0 Å². The number of fused-ring (bicyclic) bond motifs is 1. The summed E-state index contributed by atoms with van der Waals surface area (Å²) in [6.07, 6.45) is 7.52. The van der Waals surface area contributed by atoms with Gasteiger partial charge in [0.05, 0.1) is 25.2 Å². The van der Waals surface area contributed by atoms with E-state index in [-0.39, 0.29) is 5.91 Å². The van der Waals surface area contributed by atoms with E-state index >= 15 is 0 Å². The quantitative estimate of drug-likeness (QED) is 0.894. The molecule has 2 aromatic rings. The molecule has 1 aliphatic carbocycles. The van der Waals surface area contributed by atoms with Gasteiger partial charge in [-0.2, -0.15) is 0 Å². The van der Waals surface area contributed by atoms with E-state index in [9.17, 15) is 4.79 Å². The van der Waals surface area contributed by atoms with Crippen LogP contribution in [0.15, 0.2) is 23.8 Å². The molecule has 26 heavy (non-hydrogen) atoms. The minimum absolute atomic E-state index is 0.196. The number of thiophene rings is 1. The molecule has 3 heterocycles. The zero-order valence-corrected chi connectivity index (χ0v) is 16.0. The minimum Gasteiger partial charge on any atom is -0.365 e. The van der Waals surface area contributed by atoms with Crippen molar-refractivity contribution in [1.82, 2.24) is 14.9 Å². The molecule has 138 valence electrons. The van der Waals surface area contributed by atoms with Gasteiger partial charge in [0.15, 0.2) is 0 Å². The van der Waals surface area contributed by atoms with Crippen LogP contribution in [0.5, 0.6) is 0 Å². The Kier molecular flexibility index (Phi) is 5.06. The van der Waals surface area contributed by atoms with Crippen LogP contribution in [-0.2, 0) is 17.9 Å². The van der Waals surface area contributed by atoms with E-state index in [0.29, 0.717) is 19.1 Å². The molecule has 0 spiro atoms. The number of aromatic nitrogens is 2. The van der Waals surface area contributed by atoms with Crippen molar-refractivity contribution >= 4 is 28.9 Å². The number of carbonyl (C=O) groups excluding carboxylic acids is 1. The molecular formula is C19H25N5OS. The second-order valence-electron chi connectivity index (χ2n) is 7.13. The van der Waals surface area contributed by atoms with Crippen molar-refractivity contribution in [2.24, 2.45) is 0 Å². The van der Waals surface area contributed by atoms with E-state index in [2.05, 4.69) is 37.7 Å². The summed E-state index contributed by atoms with van der Waals surface area (Å²) in [5.41, 5.74) is 1.03. The maximum atomic E-state index is 12.9. The van der Waals surface area contributed by atoms with Crippen molar-refractivity contribution in [3.63, 3.8) is 0 Å². The third kappa shape index (κ3) is 3.53. The van der Waals surface area contributed by atoms with Gasteiger partial charge in [0, 0.05) is 18.0 Å². The van der Waals surface area contributed by atoms with Gasteiger partial charge in [0.2, 0.25) is 5.91 Å². The zero-order valence-electron chi connectivity index (χ0n) is 15.1. The fourth-order valence-corrected chi connectivity index (χ4v) is 4.61. The Bertz CT molecular complexity index is 757. The molecule has 0 atom stereocenters. The molecule has 2 aromatic heterocycles. The second kappa shape index (κ2) is 7.61. The Labute approximate surface area is 158 Å². The molecule has 1 fully saturated rings. The highest BCUT2D eigenvalue weighted by Gasteiger charge is 2.32. The Balaban J connectivity index is 1.61. The lowest BCUT2D eigenvalue weighted by Crippen LogP contribution is -2.43. The topological polar surface area (TPSA) is 61.4 Å². The first kappa shape index (κ1) is 17.3. The second-order valence-corrected chi connectivity index (χ2v) is 8.16. The van der Waals surface area contributed by atoms with Crippen molar-refractivity contribution in [3.8, 4) is 0 Å². The van der Waals surface area contributed by atoms with Gasteiger partial charge in [-0.05, 0) is 24.3 Å². The van der Waals surface area contributed by atoms with E-state index in [1.54, 1.807) is 17.7 Å². The Morgan fingerprint density at radius 3 is 2.85 bits per heavy atom. The van der Waals surface area contributed by atoms with Crippen LogP contribution in [0.4, 0.5) is 11.6 Å². The molecule has 1 aliphatic heterocycles. The number of likely N-dealkylation sites (N-methyl/N-ethyl adjacent to an activating group) is 1. The fraction of sp³-hybridized carbons (Fsp3) is 0.526. The first-order valence-electron chi connectivity index (χ1n) is 9.33. The first-order valence-corrected chi connectivity index (χ1v) is 10.2. The van der Waals surface area contributed by atoms with Crippen LogP contribution < -0.4 is 10.2 Å². The molecule has 0 unspecified atom stereocenters. The summed E-state index contributed by atoms with van der Waals surface area (Å²) in [6, 6.07) is 4.52. The highest BCUT2D eigenvalue weighted by Crippen LogP contribution is 2.31. The number of hydrogen-bond donors (Lipinski definition) is 1. The predicted molar refractivity (Wildman–Crippen MR) is 104 cm³/mol. The average molecular weight is 372 g/mol. The van der Waals surface area contributed by atoms with Crippen molar-refractivity contribution in [2.75, 3.05) is 23.8 Å². The zero-order chi connectivity index (χ0) is 17.9. The number of rotatable bonds is 4. The number of nitrogens with one attached hydrogen (secondary N) is 1. The van der Waals surface area contributed by atoms with E-state index in [1.807, 2.05) is 11.9 Å². The van der Waals surface area contributed by atoms with Crippen LogP contribution in [0.3, 0.4) is 0 Å². The van der Waals surface area contributed by atoms with Gasteiger partial charge in [0.1, 0.15) is 18.0 Å². The predicted octanol–water partition coefficient (Wildman–Crippen LogP) is 3.26. The van der Waals surface area contributed by atoms with Crippen molar-refractivity contribution in [1.29, 1.82) is 0 Å². The lowest BCUT2D eigenvalue weighted by atomic mass is 9.94. The summed E-state index contributed by atoms with van der Waals surface area (Å²) in [6.45, 7) is 1.71. The molecule has 0 aromatic carbocycles. The molecule has 1 N–H and O–H groups in total. The maximum absolute atomic E-state index is 12.9. The SMILES string of the molecule is CN1CC(=O)N(C2CCCCC2)Cc2c(NCc3cccs3)ncnc21. The summed E-state index contributed by atoms with van der Waals surface area (Å²) in [7, 11) is 1.94. The molecular weight excluding hydrogens is 346 g/mol.